The lowest BCUT2D eigenvalue weighted by molar-refractivity contribution is -0.140. The van der Waals surface area contributed by atoms with Gasteiger partial charge < -0.3 is 9.72 Å². The van der Waals surface area contributed by atoms with Gasteiger partial charge in [-0.15, -0.1) is 0 Å². The summed E-state index contributed by atoms with van der Waals surface area (Å²) in [5, 5.41) is 5.14. The fraction of sp³-hybridized carbons (Fsp3) is 0.286. The first-order valence-electron chi connectivity index (χ1n) is 8.80. The van der Waals surface area contributed by atoms with Crippen molar-refractivity contribution in [2.75, 3.05) is 0 Å². The van der Waals surface area contributed by atoms with Crippen LogP contribution >= 0.6 is 0 Å². The van der Waals surface area contributed by atoms with Gasteiger partial charge in [-0.25, -0.2) is 4.79 Å². The summed E-state index contributed by atoms with van der Waals surface area (Å²) in [7, 11) is 1.85. The lowest BCUT2D eigenvalue weighted by Gasteiger charge is -2.11. The summed E-state index contributed by atoms with van der Waals surface area (Å²) in [6.45, 7) is 7.24. The number of para-hydroxylation sites is 1. The van der Waals surface area contributed by atoms with Crippen molar-refractivity contribution in [3.05, 3.63) is 58.6 Å². The molecule has 0 fully saturated rings. The Morgan fingerprint density at radius 1 is 1.22 bits per heavy atom. The quantitative estimate of drug-likeness (QED) is 0.425. The molecule has 0 aliphatic carbocycles. The van der Waals surface area contributed by atoms with Crippen molar-refractivity contribution < 1.29 is 14.3 Å². The fourth-order valence-corrected chi connectivity index (χ4v) is 3.25. The zero-order chi connectivity index (χ0) is 19.7. The van der Waals surface area contributed by atoms with Gasteiger partial charge in [0, 0.05) is 46.5 Å². The SMILES string of the molecule is Cc1nn(C)c(C)c1/C=C\C(=O)O[C@@H](C)C(=O)c1c(C)[nH]c2ccccc12. The Morgan fingerprint density at radius 3 is 2.59 bits per heavy atom. The van der Waals surface area contributed by atoms with E-state index in [1.807, 2.05) is 52.1 Å². The first-order chi connectivity index (χ1) is 12.8. The number of aromatic amines is 1. The van der Waals surface area contributed by atoms with E-state index >= 15 is 0 Å². The van der Waals surface area contributed by atoms with Crippen LogP contribution in [0.15, 0.2) is 30.3 Å². The molecule has 0 amide bonds. The molecule has 27 heavy (non-hydrogen) atoms. The molecule has 0 bridgehead atoms. The first kappa shape index (κ1) is 18.6. The standard InChI is InChI=1S/C21H23N3O3/c1-12-16(14(3)24(5)23-12)10-11-19(25)27-15(4)21(26)20-13(2)22-18-9-7-6-8-17(18)20/h6-11,15,22H,1-5H3/b11-10-/t15-/m0/s1. The molecule has 1 aromatic carbocycles. The van der Waals surface area contributed by atoms with E-state index in [4.69, 9.17) is 4.74 Å². The number of carbonyl (C=O) groups is 2. The van der Waals surface area contributed by atoms with Gasteiger partial charge in [0.25, 0.3) is 0 Å². The largest absolute Gasteiger partial charge is 0.451 e. The lowest BCUT2D eigenvalue weighted by atomic mass is 10.0. The Labute approximate surface area is 157 Å². The van der Waals surface area contributed by atoms with Crippen molar-refractivity contribution in [2.45, 2.75) is 33.8 Å². The minimum Gasteiger partial charge on any atom is -0.451 e. The minimum absolute atomic E-state index is 0.222. The number of Topliss-reactive ketones (excluding diaryl/α,β-unsaturated/α-hetero) is 1. The van der Waals surface area contributed by atoms with Gasteiger partial charge in [-0.2, -0.15) is 5.10 Å². The molecule has 140 valence electrons. The molecule has 0 saturated heterocycles. The number of hydrogen-bond acceptors (Lipinski definition) is 4. The molecule has 1 N–H and O–H groups in total. The third kappa shape index (κ3) is 3.56. The number of ketones is 1. The van der Waals surface area contributed by atoms with Crippen LogP contribution in [-0.2, 0) is 16.6 Å². The molecule has 6 heteroatoms. The molecule has 0 saturated carbocycles. The monoisotopic (exact) mass is 365 g/mol. The van der Waals surface area contributed by atoms with Gasteiger partial charge in [-0.3, -0.25) is 9.48 Å². The molecule has 2 aromatic heterocycles. The lowest BCUT2D eigenvalue weighted by Crippen LogP contribution is -2.24. The predicted molar refractivity (Wildman–Crippen MR) is 105 cm³/mol. The molecule has 2 heterocycles. The molecule has 6 nitrogen and oxygen atoms in total. The van der Waals surface area contributed by atoms with Gasteiger partial charge in [-0.05, 0) is 39.8 Å². The number of benzene rings is 1. The van der Waals surface area contributed by atoms with Crippen molar-refractivity contribution in [3.8, 4) is 0 Å². The highest BCUT2D eigenvalue weighted by Crippen LogP contribution is 2.24. The average molecular weight is 365 g/mol. The highest BCUT2D eigenvalue weighted by atomic mass is 16.5. The minimum atomic E-state index is -0.879. The van der Waals surface area contributed by atoms with Gasteiger partial charge in [-0.1, -0.05) is 18.2 Å². The van der Waals surface area contributed by atoms with Gasteiger partial charge in [0.15, 0.2) is 6.10 Å². The number of aromatic nitrogens is 3. The molecular formula is C21H23N3O3. The van der Waals surface area contributed by atoms with E-state index in [0.717, 1.165) is 33.5 Å². The number of esters is 1. The van der Waals surface area contributed by atoms with Crippen molar-refractivity contribution in [1.82, 2.24) is 14.8 Å². The molecule has 1 atom stereocenters. The zero-order valence-electron chi connectivity index (χ0n) is 16.2. The summed E-state index contributed by atoms with van der Waals surface area (Å²) in [6.07, 6.45) is 2.13. The number of fused-ring (bicyclic) bond motifs is 1. The summed E-state index contributed by atoms with van der Waals surface area (Å²) >= 11 is 0. The zero-order valence-corrected chi connectivity index (χ0v) is 16.2. The maximum atomic E-state index is 12.8. The number of rotatable bonds is 5. The van der Waals surface area contributed by atoms with E-state index in [9.17, 15) is 9.59 Å². The van der Waals surface area contributed by atoms with Crippen molar-refractivity contribution in [3.63, 3.8) is 0 Å². The summed E-state index contributed by atoms with van der Waals surface area (Å²) in [6, 6.07) is 7.58. The van der Waals surface area contributed by atoms with Crippen LogP contribution in [0.2, 0.25) is 0 Å². The van der Waals surface area contributed by atoms with Crippen LogP contribution in [0.25, 0.3) is 17.0 Å². The van der Waals surface area contributed by atoms with Crippen LogP contribution in [0.5, 0.6) is 0 Å². The first-order valence-corrected chi connectivity index (χ1v) is 8.80. The topological polar surface area (TPSA) is 77.0 Å². The van der Waals surface area contributed by atoms with Crippen molar-refractivity contribution in [1.29, 1.82) is 0 Å². The Bertz CT molecular complexity index is 1060. The van der Waals surface area contributed by atoms with Crippen molar-refractivity contribution >= 4 is 28.7 Å². The van der Waals surface area contributed by atoms with E-state index in [0.29, 0.717) is 5.56 Å². The second-order valence-electron chi connectivity index (χ2n) is 6.66. The maximum Gasteiger partial charge on any atom is 0.331 e. The number of ether oxygens (including phenoxy) is 1. The van der Waals surface area contributed by atoms with E-state index in [2.05, 4.69) is 10.1 Å². The number of aryl methyl sites for hydroxylation is 3. The molecule has 0 radical (unpaired) electrons. The van der Waals surface area contributed by atoms with E-state index in [-0.39, 0.29) is 5.78 Å². The molecule has 0 aliphatic heterocycles. The summed E-state index contributed by atoms with van der Waals surface area (Å²) < 4.78 is 7.09. The van der Waals surface area contributed by atoms with Gasteiger partial charge in [0.2, 0.25) is 5.78 Å². The molecule has 3 rings (SSSR count). The number of carbonyl (C=O) groups excluding carboxylic acids is 2. The van der Waals surface area contributed by atoms with Gasteiger partial charge in [0.05, 0.1) is 5.69 Å². The molecule has 3 aromatic rings. The molecule has 0 spiro atoms. The Hall–Kier alpha value is -3.15. The fourth-order valence-electron chi connectivity index (χ4n) is 3.25. The third-order valence-electron chi connectivity index (χ3n) is 4.75. The van der Waals surface area contributed by atoms with Crippen LogP contribution in [0, 0.1) is 20.8 Å². The van der Waals surface area contributed by atoms with E-state index in [1.165, 1.54) is 6.08 Å². The van der Waals surface area contributed by atoms with E-state index in [1.54, 1.807) is 17.7 Å². The van der Waals surface area contributed by atoms with Crippen molar-refractivity contribution in [2.24, 2.45) is 7.05 Å². The number of hydrogen-bond donors (Lipinski definition) is 1. The van der Waals surface area contributed by atoms with Gasteiger partial charge in [0.1, 0.15) is 0 Å². The Balaban J connectivity index is 1.75. The number of nitrogens with zero attached hydrogens (tertiary/aromatic N) is 2. The Morgan fingerprint density at radius 2 is 1.93 bits per heavy atom. The smallest absolute Gasteiger partial charge is 0.331 e. The molecule has 0 aliphatic rings. The predicted octanol–water partition coefficient (Wildman–Crippen LogP) is 3.65. The second kappa shape index (κ2) is 7.23. The van der Waals surface area contributed by atoms with Crippen LogP contribution in [-0.4, -0.2) is 32.6 Å². The summed E-state index contributed by atoms with van der Waals surface area (Å²) in [5.74, 6) is -0.781. The maximum absolute atomic E-state index is 12.8. The highest BCUT2D eigenvalue weighted by Gasteiger charge is 2.23. The number of H-pyrrole nitrogens is 1. The summed E-state index contributed by atoms with van der Waals surface area (Å²) in [5.41, 5.74) is 4.88. The second-order valence-corrected chi connectivity index (χ2v) is 6.66. The molecule has 0 unspecified atom stereocenters. The van der Waals surface area contributed by atoms with E-state index < -0.39 is 12.1 Å². The normalized spacial score (nSPS) is 12.6. The van der Waals surface area contributed by atoms with Crippen LogP contribution in [0.4, 0.5) is 0 Å². The summed E-state index contributed by atoms with van der Waals surface area (Å²) in [4.78, 5) is 28.2. The van der Waals surface area contributed by atoms with Gasteiger partial charge >= 0.3 is 5.97 Å². The highest BCUT2D eigenvalue weighted by molar-refractivity contribution is 6.11. The van der Waals surface area contributed by atoms with Crippen LogP contribution < -0.4 is 0 Å². The number of nitrogens with one attached hydrogen (secondary N) is 1. The molecular weight excluding hydrogens is 342 g/mol. The third-order valence-corrected chi connectivity index (χ3v) is 4.75. The Kier molecular flexibility index (Phi) is 4.99. The average Bonchev–Trinajstić information content (AvgIpc) is 3.07. The van der Waals surface area contributed by atoms with Crippen LogP contribution in [0.1, 0.15) is 39.9 Å². The van der Waals surface area contributed by atoms with Crippen LogP contribution in [0.3, 0.4) is 0 Å².